The fourth-order valence-electron chi connectivity index (χ4n) is 2.86. The van der Waals surface area contributed by atoms with E-state index >= 15 is 0 Å². The van der Waals surface area contributed by atoms with Gasteiger partial charge >= 0.3 is 0 Å². The van der Waals surface area contributed by atoms with Gasteiger partial charge in [-0.1, -0.05) is 6.92 Å². The molecule has 0 spiro atoms. The molecule has 25 heavy (non-hydrogen) atoms. The van der Waals surface area contributed by atoms with Crippen LogP contribution < -0.4 is 14.8 Å². The van der Waals surface area contributed by atoms with Crippen molar-refractivity contribution in [3.8, 4) is 22.8 Å². The third-order valence-electron chi connectivity index (χ3n) is 4.05. The number of hydrogen-bond donors (Lipinski definition) is 1. The number of benzene rings is 1. The van der Waals surface area contributed by atoms with E-state index in [0.717, 1.165) is 40.5 Å². The lowest BCUT2D eigenvalue weighted by Gasteiger charge is -2.18. The van der Waals surface area contributed by atoms with Crippen LogP contribution in [-0.2, 0) is 4.79 Å². The molecule has 1 N–H and O–H groups in total. The molecule has 4 rings (SSSR count). The maximum atomic E-state index is 11.7. The van der Waals surface area contributed by atoms with Gasteiger partial charge in [0.05, 0.1) is 11.4 Å². The van der Waals surface area contributed by atoms with E-state index in [1.807, 2.05) is 54.0 Å². The minimum absolute atomic E-state index is 0.0222. The van der Waals surface area contributed by atoms with E-state index in [4.69, 9.17) is 9.47 Å². The van der Waals surface area contributed by atoms with E-state index < -0.39 is 0 Å². The summed E-state index contributed by atoms with van der Waals surface area (Å²) < 4.78 is 13.1. The van der Waals surface area contributed by atoms with Crippen LogP contribution in [0, 0.1) is 0 Å². The number of anilines is 1. The Balaban J connectivity index is 1.64. The van der Waals surface area contributed by atoms with Crippen molar-refractivity contribution in [2.75, 3.05) is 18.5 Å². The average Bonchev–Trinajstić information content (AvgIpc) is 3.05. The summed E-state index contributed by atoms with van der Waals surface area (Å²) in [5, 5.41) is 2.90. The summed E-state index contributed by atoms with van der Waals surface area (Å²) >= 11 is 0. The topological polar surface area (TPSA) is 64.9 Å². The number of pyridine rings is 1. The molecule has 6 nitrogen and oxygen atoms in total. The first-order valence-corrected chi connectivity index (χ1v) is 8.41. The smallest absolute Gasteiger partial charge is 0.224 e. The molecule has 0 radical (unpaired) electrons. The number of aromatic nitrogens is 2. The molecular formula is C19H19N3O3. The highest BCUT2D eigenvalue weighted by atomic mass is 16.6. The molecule has 0 bridgehead atoms. The highest BCUT2D eigenvalue weighted by molar-refractivity contribution is 5.90. The lowest BCUT2D eigenvalue weighted by Crippen LogP contribution is -2.15. The number of carbonyl (C=O) groups is 1. The van der Waals surface area contributed by atoms with E-state index in [-0.39, 0.29) is 5.91 Å². The quantitative estimate of drug-likeness (QED) is 0.791. The van der Waals surface area contributed by atoms with E-state index in [2.05, 4.69) is 10.3 Å². The number of nitrogens with one attached hydrogen (secondary N) is 1. The van der Waals surface area contributed by atoms with E-state index in [9.17, 15) is 4.79 Å². The van der Waals surface area contributed by atoms with Crippen LogP contribution in [0.3, 0.4) is 0 Å². The number of hydrogen-bond acceptors (Lipinski definition) is 4. The van der Waals surface area contributed by atoms with Gasteiger partial charge in [0, 0.05) is 24.4 Å². The number of rotatable bonds is 4. The van der Waals surface area contributed by atoms with E-state index in [0.29, 0.717) is 19.6 Å². The molecule has 3 aromatic rings. The molecule has 128 valence electrons. The van der Waals surface area contributed by atoms with Crippen molar-refractivity contribution in [2.45, 2.75) is 19.8 Å². The van der Waals surface area contributed by atoms with Crippen molar-refractivity contribution in [1.29, 1.82) is 0 Å². The molecule has 0 aliphatic carbocycles. The predicted octanol–water partition coefficient (Wildman–Crippen LogP) is 3.51. The Morgan fingerprint density at radius 1 is 1.16 bits per heavy atom. The molecule has 2 aromatic heterocycles. The molecule has 1 amide bonds. The lowest BCUT2D eigenvalue weighted by molar-refractivity contribution is -0.116. The molecule has 6 heteroatoms. The van der Waals surface area contributed by atoms with Crippen LogP contribution in [0.15, 0.2) is 42.7 Å². The van der Waals surface area contributed by atoms with Crippen LogP contribution in [0.5, 0.6) is 11.5 Å². The van der Waals surface area contributed by atoms with Crippen LogP contribution >= 0.6 is 0 Å². The molecule has 1 aliphatic rings. The summed E-state index contributed by atoms with van der Waals surface area (Å²) in [7, 11) is 0. The summed E-state index contributed by atoms with van der Waals surface area (Å²) in [4.78, 5) is 16.4. The highest BCUT2D eigenvalue weighted by Gasteiger charge is 2.14. The Morgan fingerprint density at radius 2 is 2.00 bits per heavy atom. The van der Waals surface area contributed by atoms with Gasteiger partial charge in [-0.3, -0.25) is 4.79 Å². The minimum Gasteiger partial charge on any atom is -0.486 e. The minimum atomic E-state index is 0.0222. The highest BCUT2D eigenvalue weighted by Crippen LogP contribution is 2.34. The Hall–Kier alpha value is -3.02. The fourth-order valence-corrected chi connectivity index (χ4v) is 2.86. The van der Waals surface area contributed by atoms with Gasteiger partial charge in [0.25, 0.3) is 0 Å². The summed E-state index contributed by atoms with van der Waals surface area (Å²) in [6.45, 7) is 3.12. The molecule has 3 heterocycles. The van der Waals surface area contributed by atoms with Gasteiger partial charge < -0.3 is 19.2 Å². The second kappa shape index (κ2) is 6.47. The SMILES string of the molecule is CCCC(=O)Nc1ccc2nc(-c3ccc4c(c3)OCCO4)cn2c1. The predicted molar refractivity (Wildman–Crippen MR) is 95.2 cm³/mol. The Kier molecular flexibility index (Phi) is 4.01. The molecule has 0 unspecified atom stereocenters. The van der Waals surface area contributed by atoms with E-state index in [1.54, 1.807) is 0 Å². The van der Waals surface area contributed by atoms with Crippen molar-refractivity contribution in [1.82, 2.24) is 9.38 Å². The summed E-state index contributed by atoms with van der Waals surface area (Å²) in [6, 6.07) is 9.58. The number of carbonyl (C=O) groups excluding carboxylic acids is 1. The summed E-state index contributed by atoms with van der Waals surface area (Å²) in [5.41, 5.74) is 3.38. The normalized spacial score (nSPS) is 13.0. The zero-order valence-corrected chi connectivity index (χ0v) is 14.0. The van der Waals surface area contributed by atoms with Gasteiger partial charge in [0.2, 0.25) is 5.91 Å². The third kappa shape index (κ3) is 3.15. The van der Waals surface area contributed by atoms with Crippen LogP contribution in [0.2, 0.25) is 0 Å². The van der Waals surface area contributed by atoms with Gasteiger partial charge in [-0.2, -0.15) is 0 Å². The monoisotopic (exact) mass is 337 g/mol. The molecule has 0 atom stereocenters. The Morgan fingerprint density at radius 3 is 2.84 bits per heavy atom. The second-order valence-corrected chi connectivity index (χ2v) is 5.97. The van der Waals surface area contributed by atoms with Crippen LogP contribution in [-0.4, -0.2) is 28.5 Å². The third-order valence-corrected chi connectivity index (χ3v) is 4.05. The average molecular weight is 337 g/mol. The van der Waals surface area contributed by atoms with Crippen LogP contribution in [0.25, 0.3) is 16.9 Å². The van der Waals surface area contributed by atoms with Crippen molar-refractivity contribution in [3.63, 3.8) is 0 Å². The zero-order valence-electron chi connectivity index (χ0n) is 14.0. The fraction of sp³-hybridized carbons (Fsp3) is 0.263. The van der Waals surface area contributed by atoms with Gasteiger partial charge in [0.15, 0.2) is 11.5 Å². The number of fused-ring (bicyclic) bond motifs is 2. The number of amides is 1. The van der Waals surface area contributed by atoms with Crippen LogP contribution in [0.1, 0.15) is 19.8 Å². The maximum Gasteiger partial charge on any atom is 0.224 e. The van der Waals surface area contributed by atoms with E-state index in [1.165, 1.54) is 0 Å². The van der Waals surface area contributed by atoms with Crippen molar-refractivity contribution >= 4 is 17.2 Å². The number of nitrogens with zero attached hydrogens (tertiary/aromatic N) is 2. The molecule has 0 saturated carbocycles. The Bertz CT molecular complexity index is 933. The largest absolute Gasteiger partial charge is 0.486 e. The standard InChI is InChI=1S/C19H19N3O3/c1-2-3-19(23)20-14-5-7-18-21-15(12-22(18)11-14)13-4-6-16-17(10-13)25-9-8-24-16/h4-7,10-12H,2-3,8-9H2,1H3,(H,20,23). The summed E-state index contributed by atoms with van der Waals surface area (Å²) in [5.74, 6) is 1.53. The molecule has 0 saturated heterocycles. The zero-order chi connectivity index (χ0) is 17.2. The number of ether oxygens (including phenoxy) is 2. The van der Waals surface area contributed by atoms with Crippen molar-refractivity contribution in [3.05, 3.63) is 42.7 Å². The van der Waals surface area contributed by atoms with Crippen molar-refractivity contribution in [2.24, 2.45) is 0 Å². The van der Waals surface area contributed by atoms with Gasteiger partial charge in [-0.25, -0.2) is 4.98 Å². The van der Waals surface area contributed by atoms with Gasteiger partial charge in [0.1, 0.15) is 18.9 Å². The molecule has 0 fully saturated rings. The maximum absolute atomic E-state index is 11.7. The molecule has 1 aromatic carbocycles. The van der Waals surface area contributed by atoms with Gasteiger partial charge in [-0.15, -0.1) is 0 Å². The van der Waals surface area contributed by atoms with Gasteiger partial charge in [-0.05, 0) is 36.8 Å². The first-order chi connectivity index (χ1) is 12.2. The second-order valence-electron chi connectivity index (χ2n) is 5.97. The molecular weight excluding hydrogens is 318 g/mol. The van der Waals surface area contributed by atoms with Crippen molar-refractivity contribution < 1.29 is 14.3 Å². The summed E-state index contributed by atoms with van der Waals surface area (Å²) in [6.07, 6.45) is 5.16. The van der Waals surface area contributed by atoms with Crippen LogP contribution in [0.4, 0.5) is 5.69 Å². The first kappa shape index (κ1) is 15.5. The lowest BCUT2D eigenvalue weighted by atomic mass is 10.1. The number of imidazole rings is 1. The Labute approximate surface area is 145 Å². The molecule has 1 aliphatic heterocycles. The first-order valence-electron chi connectivity index (χ1n) is 8.41.